The zero-order valence-electron chi connectivity index (χ0n) is 15.3. The smallest absolute Gasteiger partial charge is 0.322 e. The molecule has 1 saturated heterocycles. The molecule has 0 aliphatic carbocycles. The molecule has 1 fully saturated rings. The molecule has 3 rings (SSSR count). The molecule has 6 nitrogen and oxygen atoms in total. The van der Waals surface area contributed by atoms with Crippen molar-refractivity contribution < 1.29 is 19.0 Å². The van der Waals surface area contributed by atoms with Crippen LogP contribution in [0.5, 0.6) is 17.2 Å². The number of nitrogens with one attached hydrogen (secondary N) is 1. The summed E-state index contributed by atoms with van der Waals surface area (Å²) in [5.41, 5.74) is 1.65. The van der Waals surface area contributed by atoms with E-state index in [-0.39, 0.29) is 12.1 Å². The van der Waals surface area contributed by atoms with Gasteiger partial charge in [0.05, 0.1) is 33.1 Å². The van der Waals surface area contributed by atoms with Crippen LogP contribution in [0.4, 0.5) is 10.5 Å². The molecule has 0 saturated carbocycles. The summed E-state index contributed by atoms with van der Waals surface area (Å²) in [4.78, 5) is 14.7. The van der Waals surface area contributed by atoms with E-state index < -0.39 is 0 Å². The Balaban J connectivity index is 1.83. The Morgan fingerprint density at radius 2 is 1.81 bits per heavy atom. The van der Waals surface area contributed by atoms with Crippen molar-refractivity contribution in [1.82, 2.24) is 4.90 Å². The summed E-state index contributed by atoms with van der Waals surface area (Å²) in [6.07, 6.45) is 1.83. The van der Waals surface area contributed by atoms with Crippen LogP contribution in [0.1, 0.15) is 24.4 Å². The Morgan fingerprint density at radius 1 is 1.04 bits per heavy atom. The zero-order chi connectivity index (χ0) is 18.5. The van der Waals surface area contributed by atoms with Crippen LogP contribution in [0.15, 0.2) is 42.5 Å². The second-order valence-electron chi connectivity index (χ2n) is 6.09. The van der Waals surface area contributed by atoms with Gasteiger partial charge in [0.2, 0.25) is 0 Å². The second kappa shape index (κ2) is 7.99. The number of anilines is 1. The molecule has 0 aromatic heterocycles. The van der Waals surface area contributed by atoms with E-state index >= 15 is 0 Å². The number of ether oxygens (including phenoxy) is 3. The van der Waals surface area contributed by atoms with Gasteiger partial charge in [-0.2, -0.15) is 0 Å². The van der Waals surface area contributed by atoms with Crippen molar-refractivity contribution >= 4 is 11.7 Å². The number of methoxy groups -OCH3 is 3. The molecule has 1 aliphatic rings. The molecule has 0 spiro atoms. The molecule has 6 heteroatoms. The first-order valence-corrected chi connectivity index (χ1v) is 8.60. The number of nitrogens with zero attached hydrogens (tertiary/aromatic N) is 1. The average molecular weight is 356 g/mol. The number of urea groups is 1. The molecular weight excluding hydrogens is 332 g/mol. The van der Waals surface area contributed by atoms with E-state index in [1.54, 1.807) is 21.3 Å². The maximum absolute atomic E-state index is 12.9. The normalized spacial score (nSPS) is 16.3. The van der Waals surface area contributed by atoms with Gasteiger partial charge in [-0.1, -0.05) is 12.1 Å². The summed E-state index contributed by atoms with van der Waals surface area (Å²) in [5.74, 6) is 2.10. The molecule has 1 atom stereocenters. The highest BCUT2D eigenvalue weighted by atomic mass is 16.5. The van der Waals surface area contributed by atoms with Gasteiger partial charge in [0.1, 0.15) is 17.2 Å². The fraction of sp³-hybridized carbons (Fsp3) is 0.350. The van der Waals surface area contributed by atoms with E-state index in [9.17, 15) is 4.79 Å². The number of carbonyl (C=O) groups excluding carboxylic acids is 1. The van der Waals surface area contributed by atoms with E-state index in [1.807, 2.05) is 47.4 Å². The highest BCUT2D eigenvalue weighted by Crippen LogP contribution is 2.39. The lowest BCUT2D eigenvalue weighted by Gasteiger charge is -2.27. The number of hydrogen-bond donors (Lipinski definition) is 1. The molecule has 2 aromatic carbocycles. The molecule has 1 unspecified atom stereocenters. The zero-order valence-corrected chi connectivity index (χ0v) is 15.3. The number of amides is 2. The van der Waals surface area contributed by atoms with E-state index in [2.05, 4.69) is 5.32 Å². The molecular formula is C20H24N2O4. The van der Waals surface area contributed by atoms with Crippen LogP contribution >= 0.6 is 0 Å². The minimum atomic E-state index is -0.144. The van der Waals surface area contributed by atoms with Gasteiger partial charge in [-0.25, -0.2) is 4.79 Å². The van der Waals surface area contributed by atoms with Gasteiger partial charge < -0.3 is 24.4 Å². The predicted molar refractivity (Wildman–Crippen MR) is 100 cm³/mol. The topological polar surface area (TPSA) is 60.0 Å². The Labute approximate surface area is 153 Å². The molecule has 0 bridgehead atoms. The van der Waals surface area contributed by atoms with Gasteiger partial charge in [0.25, 0.3) is 0 Å². The highest BCUT2D eigenvalue weighted by molar-refractivity contribution is 5.91. The van der Waals surface area contributed by atoms with Gasteiger partial charge >= 0.3 is 6.03 Å². The number of benzene rings is 2. The van der Waals surface area contributed by atoms with E-state index in [0.29, 0.717) is 18.0 Å². The molecule has 0 radical (unpaired) electrons. The maximum atomic E-state index is 12.9. The SMILES string of the molecule is COc1ccc(C2CCCN2C(=O)Nc2ccccc2OC)c(OC)c1. The summed E-state index contributed by atoms with van der Waals surface area (Å²) in [6, 6.07) is 12.9. The second-order valence-corrected chi connectivity index (χ2v) is 6.09. The van der Waals surface area contributed by atoms with Crippen LogP contribution in [-0.4, -0.2) is 38.8 Å². The monoisotopic (exact) mass is 356 g/mol. The molecule has 1 N–H and O–H groups in total. The summed E-state index contributed by atoms with van der Waals surface area (Å²) < 4.78 is 16.1. The Kier molecular flexibility index (Phi) is 5.51. The fourth-order valence-corrected chi connectivity index (χ4v) is 3.36. The van der Waals surface area contributed by atoms with Crippen molar-refractivity contribution in [3.63, 3.8) is 0 Å². The third-order valence-corrected chi connectivity index (χ3v) is 4.66. The van der Waals surface area contributed by atoms with Crippen molar-refractivity contribution in [1.29, 1.82) is 0 Å². The van der Waals surface area contributed by atoms with Crippen LogP contribution < -0.4 is 19.5 Å². The maximum Gasteiger partial charge on any atom is 0.322 e. The number of likely N-dealkylation sites (tertiary alicyclic amines) is 1. The van der Waals surface area contributed by atoms with Gasteiger partial charge in [-0.3, -0.25) is 0 Å². The Bertz CT molecular complexity index is 778. The number of rotatable bonds is 5. The van der Waals surface area contributed by atoms with Crippen molar-refractivity contribution in [2.45, 2.75) is 18.9 Å². The molecule has 1 aliphatic heterocycles. The molecule has 138 valence electrons. The highest BCUT2D eigenvalue weighted by Gasteiger charge is 2.32. The van der Waals surface area contributed by atoms with Gasteiger partial charge in [-0.15, -0.1) is 0 Å². The third kappa shape index (κ3) is 3.54. The van der Waals surface area contributed by atoms with Gasteiger partial charge in [0.15, 0.2) is 0 Å². The van der Waals surface area contributed by atoms with E-state index in [4.69, 9.17) is 14.2 Å². The Hall–Kier alpha value is -2.89. The van der Waals surface area contributed by atoms with Gasteiger partial charge in [-0.05, 0) is 37.1 Å². The standard InChI is InChI=1S/C20H24N2O4/c1-24-14-10-11-15(19(13-14)26-3)17-8-6-12-22(17)20(23)21-16-7-4-5-9-18(16)25-2/h4-5,7,9-11,13,17H,6,8,12H2,1-3H3,(H,21,23). The lowest BCUT2D eigenvalue weighted by atomic mass is 10.0. The number of para-hydroxylation sites is 2. The third-order valence-electron chi connectivity index (χ3n) is 4.66. The summed E-state index contributed by atoms with van der Waals surface area (Å²) in [6.45, 7) is 0.695. The molecule has 2 amide bonds. The van der Waals surface area contributed by atoms with E-state index in [0.717, 1.165) is 29.9 Å². The quantitative estimate of drug-likeness (QED) is 0.877. The van der Waals surface area contributed by atoms with Crippen molar-refractivity contribution in [2.75, 3.05) is 33.2 Å². The summed E-state index contributed by atoms with van der Waals surface area (Å²) >= 11 is 0. The molecule has 2 aromatic rings. The van der Waals surface area contributed by atoms with Crippen LogP contribution in [0.3, 0.4) is 0 Å². The average Bonchev–Trinajstić information content (AvgIpc) is 3.17. The van der Waals surface area contributed by atoms with Gasteiger partial charge in [0, 0.05) is 18.2 Å². The summed E-state index contributed by atoms with van der Waals surface area (Å²) in [7, 11) is 4.84. The van der Waals surface area contributed by atoms with Crippen LogP contribution in [0.2, 0.25) is 0 Å². The lowest BCUT2D eigenvalue weighted by Crippen LogP contribution is -2.34. The first kappa shape index (κ1) is 17.9. The Morgan fingerprint density at radius 3 is 2.54 bits per heavy atom. The van der Waals surface area contributed by atoms with Crippen LogP contribution in [0, 0.1) is 0 Å². The molecule has 1 heterocycles. The lowest BCUT2D eigenvalue weighted by molar-refractivity contribution is 0.206. The van der Waals surface area contributed by atoms with Crippen molar-refractivity contribution in [2.24, 2.45) is 0 Å². The minimum absolute atomic E-state index is 0.0365. The fourth-order valence-electron chi connectivity index (χ4n) is 3.36. The largest absolute Gasteiger partial charge is 0.497 e. The van der Waals surface area contributed by atoms with Crippen LogP contribution in [0.25, 0.3) is 0 Å². The first-order chi connectivity index (χ1) is 12.7. The number of hydrogen-bond acceptors (Lipinski definition) is 4. The van der Waals surface area contributed by atoms with Crippen molar-refractivity contribution in [3.8, 4) is 17.2 Å². The number of carbonyl (C=O) groups is 1. The molecule has 26 heavy (non-hydrogen) atoms. The van der Waals surface area contributed by atoms with Crippen molar-refractivity contribution in [3.05, 3.63) is 48.0 Å². The predicted octanol–water partition coefficient (Wildman–Crippen LogP) is 4.08. The minimum Gasteiger partial charge on any atom is -0.497 e. The summed E-state index contributed by atoms with van der Waals surface area (Å²) in [5, 5.41) is 2.96. The van der Waals surface area contributed by atoms with Crippen LogP contribution in [-0.2, 0) is 0 Å². The van der Waals surface area contributed by atoms with E-state index in [1.165, 1.54) is 0 Å². The first-order valence-electron chi connectivity index (χ1n) is 8.60.